The lowest BCUT2D eigenvalue weighted by Crippen LogP contribution is -2.16. The molecule has 0 unspecified atom stereocenters. The number of tetrazole rings is 1. The molecule has 0 aliphatic heterocycles. The highest BCUT2D eigenvalue weighted by Gasteiger charge is 2.01. The minimum atomic E-state index is 0. The van der Waals surface area contributed by atoms with Gasteiger partial charge in [0.05, 0.1) is 0 Å². The zero-order valence-electron chi connectivity index (χ0n) is 9.37. The third kappa shape index (κ3) is 4.63. The standard InChI is InChI=1S/C9H13N5S2.ClH/c1-14-9(11-12-13-14)16-5-3-10-6-8-2-4-15-7-8;/h2,4,7,10H,3,5-6H2,1H3;1H. The van der Waals surface area contributed by atoms with Crippen LogP contribution in [0.1, 0.15) is 5.56 Å². The first-order valence-corrected chi connectivity index (χ1v) is 6.86. The molecule has 2 rings (SSSR count). The van der Waals surface area contributed by atoms with E-state index in [4.69, 9.17) is 0 Å². The fourth-order valence-corrected chi connectivity index (χ4v) is 2.60. The number of nitrogens with one attached hydrogen (secondary N) is 1. The number of hydrogen-bond donors (Lipinski definition) is 1. The Morgan fingerprint density at radius 3 is 3.06 bits per heavy atom. The Kier molecular flexibility index (Phi) is 6.49. The lowest BCUT2D eigenvalue weighted by atomic mass is 10.3. The molecule has 0 saturated carbocycles. The maximum atomic E-state index is 3.90. The minimum Gasteiger partial charge on any atom is -0.312 e. The van der Waals surface area contributed by atoms with Crippen molar-refractivity contribution in [2.24, 2.45) is 7.05 Å². The van der Waals surface area contributed by atoms with Gasteiger partial charge in [0.1, 0.15) is 0 Å². The first kappa shape index (κ1) is 14.4. The Bertz CT molecular complexity index is 417. The van der Waals surface area contributed by atoms with Gasteiger partial charge in [-0.1, -0.05) is 11.8 Å². The zero-order chi connectivity index (χ0) is 11.2. The van der Waals surface area contributed by atoms with Crippen LogP contribution >= 0.6 is 35.5 Å². The number of aryl methyl sites for hydroxylation is 1. The summed E-state index contributed by atoms with van der Waals surface area (Å²) >= 11 is 3.39. The molecular weight excluding hydrogens is 278 g/mol. The van der Waals surface area contributed by atoms with Crippen LogP contribution in [-0.2, 0) is 13.6 Å². The first-order valence-electron chi connectivity index (χ1n) is 4.93. The summed E-state index contributed by atoms with van der Waals surface area (Å²) < 4.78 is 1.68. The molecule has 8 heteroatoms. The van der Waals surface area contributed by atoms with Gasteiger partial charge in [-0.3, -0.25) is 0 Å². The number of rotatable bonds is 6. The lowest BCUT2D eigenvalue weighted by molar-refractivity contribution is 0.663. The normalized spacial score (nSPS) is 10.2. The molecule has 0 radical (unpaired) electrons. The summed E-state index contributed by atoms with van der Waals surface area (Å²) in [6.07, 6.45) is 0. The Labute approximate surface area is 114 Å². The highest BCUT2D eigenvalue weighted by Crippen LogP contribution is 2.11. The second kappa shape index (κ2) is 7.65. The largest absolute Gasteiger partial charge is 0.312 e. The van der Waals surface area contributed by atoms with Gasteiger partial charge in [-0.05, 0) is 32.8 Å². The van der Waals surface area contributed by atoms with E-state index in [1.807, 2.05) is 7.05 Å². The van der Waals surface area contributed by atoms with Gasteiger partial charge < -0.3 is 5.32 Å². The molecule has 0 saturated heterocycles. The first-order chi connectivity index (χ1) is 7.86. The molecule has 0 aromatic carbocycles. The van der Waals surface area contributed by atoms with E-state index in [0.29, 0.717) is 0 Å². The van der Waals surface area contributed by atoms with Crippen molar-refractivity contribution in [1.29, 1.82) is 0 Å². The molecule has 2 aromatic rings. The smallest absolute Gasteiger partial charge is 0.209 e. The van der Waals surface area contributed by atoms with Crippen molar-refractivity contribution in [2.45, 2.75) is 11.7 Å². The molecular formula is C9H14ClN5S2. The molecule has 17 heavy (non-hydrogen) atoms. The van der Waals surface area contributed by atoms with Gasteiger partial charge in [-0.25, -0.2) is 4.68 Å². The van der Waals surface area contributed by atoms with E-state index < -0.39 is 0 Å². The third-order valence-electron chi connectivity index (χ3n) is 2.00. The number of nitrogens with zero attached hydrogens (tertiary/aromatic N) is 4. The minimum absolute atomic E-state index is 0. The van der Waals surface area contributed by atoms with Crippen LogP contribution in [0.3, 0.4) is 0 Å². The van der Waals surface area contributed by atoms with Crippen LogP contribution in [0.5, 0.6) is 0 Å². The fraction of sp³-hybridized carbons (Fsp3) is 0.444. The lowest BCUT2D eigenvalue weighted by Gasteiger charge is -2.02. The van der Waals surface area contributed by atoms with E-state index in [-0.39, 0.29) is 12.4 Å². The van der Waals surface area contributed by atoms with Crippen LogP contribution in [0.15, 0.2) is 22.0 Å². The molecule has 0 aliphatic carbocycles. The van der Waals surface area contributed by atoms with Crippen LogP contribution in [0.2, 0.25) is 0 Å². The SMILES string of the molecule is Cl.Cn1nnnc1SCCNCc1ccsc1. The fourth-order valence-electron chi connectivity index (χ4n) is 1.18. The van der Waals surface area contributed by atoms with Crippen molar-refractivity contribution >= 4 is 35.5 Å². The molecule has 0 aliphatic rings. The van der Waals surface area contributed by atoms with Crippen LogP contribution in [0, 0.1) is 0 Å². The molecule has 5 nitrogen and oxygen atoms in total. The second-order valence-electron chi connectivity index (χ2n) is 3.24. The van der Waals surface area contributed by atoms with E-state index in [1.54, 1.807) is 27.8 Å². The quantitative estimate of drug-likeness (QED) is 0.647. The van der Waals surface area contributed by atoms with E-state index in [9.17, 15) is 0 Å². The second-order valence-corrected chi connectivity index (χ2v) is 5.08. The molecule has 2 heterocycles. The van der Waals surface area contributed by atoms with Crippen molar-refractivity contribution in [2.75, 3.05) is 12.3 Å². The maximum absolute atomic E-state index is 3.90. The average Bonchev–Trinajstić information content (AvgIpc) is 2.90. The van der Waals surface area contributed by atoms with E-state index >= 15 is 0 Å². The van der Waals surface area contributed by atoms with Gasteiger partial charge >= 0.3 is 0 Å². The van der Waals surface area contributed by atoms with Crippen LogP contribution in [0.25, 0.3) is 0 Å². The number of halogens is 1. The van der Waals surface area contributed by atoms with Crippen molar-refractivity contribution in [3.63, 3.8) is 0 Å². The van der Waals surface area contributed by atoms with Crippen molar-refractivity contribution in [1.82, 2.24) is 25.5 Å². The van der Waals surface area contributed by atoms with E-state index in [0.717, 1.165) is 24.0 Å². The number of thioether (sulfide) groups is 1. The predicted molar refractivity (Wildman–Crippen MR) is 72.8 cm³/mol. The summed E-state index contributed by atoms with van der Waals surface area (Å²) in [6, 6.07) is 2.14. The summed E-state index contributed by atoms with van der Waals surface area (Å²) in [7, 11) is 1.85. The number of aromatic nitrogens is 4. The molecule has 0 amide bonds. The Balaban J connectivity index is 0.00000144. The highest BCUT2D eigenvalue weighted by molar-refractivity contribution is 7.99. The number of thiophene rings is 1. The van der Waals surface area contributed by atoms with Crippen LogP contribution in [0.4, 0.5) is 0 Å². The third-order valence-corrected chi connectivity index (χ3v) is 3.74. The summed E-state index contributed by atoms with van der Waals surface area (Å²) in [5.74, 6) is 0.971. The summed E-state index contributed by atoms with van der Waals surface area (Å²) in [4.78, 5) is 0. The topological polar surface area (TPSA) is 55.6 Å². The van der Waals surface area contributed by atoms with Crippen molar-refractivity contribution < 1.29 is 0 Å². The molecule has 0 fully saturated rings. The summed E-state index contributed by atoms with van der Waals surface area (Å²) in [6.45, 7) is 1.88. The average molecular weight is 292 g/mol. The Morgan fingerprint density at radius 1 is 1.53 bits per heavy atom. The van der Waals surface area contributed by atoms with Crippen molar-refractivity contribution in [3.8, 4) is 0 Å². The van der Waals surface area contributed by atoms with E-state index in [1.165, 1.54) is 5.56 Å². The Hall–Kier alpha value is -0.630. The van der Waals surface area contributed by atoms with Gasteiger partial charge in [-0.15, -0.1) is 17.5 Å². The van der Waals surface area contributed by atoms with Gasteiger partial charge in [0.25, 0.3) is 0 Å². The van der Waals surface area contributed by atoms with Crippen LogP contribution in [-0.4, -0.2) is 32.5 Å². The Morgan fingerprint density at radius 2 is 2.41 bits per heavy atom. The maximum Gasteiger partial charge on any atom is 0.209 e. The monoisotopic (exact) mass is 291 g/mol. The summed E-state index contributed by atoms with van der Waals surface area (Å²) in [5.41, 5.74) is 1.34. The predicted octanol–water partition coefficient (Wildman–Crippen LogP) is 1.58. The molecule has 1 N–H and O–H groups in total. The van der Waals surface area contributed by atoms with Gasteiger partial charge in [0.15, 0.2) is 0 Å². The zero-order valence-corrected chi connectivity index (χ0v) is 11.8. The summed E-state index contributed by atoms with van der Waals surface area (Å²) in [5, 5.41) is 19.7. The van der Waals surface area contributed by atoms with Crippen molar-refractivity contribution in [3.05, 3.63) is 22.4 Å². The number of hydrogen-bond acceptors (Lipinski definition) is 6. The van der Waals surface area contributed by atoms with Crippen LogP contribution < -0.4 is 5.32 Å². The van der Waals surface area contributed by atoms with Gasteiger partial charge in [0, 0.05) is 25.9 Å². The molecule has 0 spiro atoms. The van der Waals surface area contributed by atoms with Gasteiger partial charge in [0.2, 0.25) is 5.16 Å². The van der Waals surface area contributed by atoms with Gasteiger partial charge in [-0.2, -0.15) is 11.3 Å². The molecule has 0 atom stereocenters. The molecule has 94 valence electrons. The highest BCUT2D eigenvalue weighted by atomic mass is 35.5. The molecule has 2 aromatic heterocycles. The molecule has 0 bridgehead atoms. The van der Waals surface area contributed by atoms with E-state index in [2.05, 4.69) is 37.7 Å².